The topological polar surface area (TPSA) is 0 Å². The molecule has 0 spiro atoms. The first-order valence-corrected chi connectivity index (χ1v) is 6.20. The second-order valence-corrected chi connectivity index (χ2v) is 8.00. The zero-order valence-electron chi connectivity index (χ0n) is 5.35. The standard InChI is InChI=1S/3CF3.Sb/c3*2-1(3)4;. The van der Waals surface area contributed by atoms with Gasteiger partial charge in [-0.1, -0.05) is 0 Å². The molecule has 0 N–H and O–H groups in total. The molecule has 0 aromatic heterocycles. The van der Waals surface area contributed by atoms with Gasteiger partial charge in [-0.2, -0.15) is 0 Å². The third kappa shape index (κ3) is 3.82. The Kier molecular flexibility index (Phi) is 3.45. The first kappa shape index (κ1) is 13.2. The fraction of sp³-hybridized carbons (Fsp3) is 1.00. The van der Waals surface area contributed by atoms with Crippen LogP contribution in [0.5, 0.6) is 0 Å². The zero-order valence-corrected chi connectivity index (χ0v) is 7.90. The molecule has 0 rings (SSSR count). The van der Waals surface area contributed by atoms with Gasteiger partial charge in [0, 0.05) is 0 Å². The molecule has 0 aromatic carbocycles. The van der Waals surface area contributed by atoms with Crippen molar-refractivity contribution in [2.24, 2.45) is 0 Å². The van der Waals surface area contributed by atoms with E-state index in [1.54, 1.807) is 0 Å². The van der Waals surface area contributed by atoms with Crippen LogP contribution in [0.4, 0.5) is 39.5 Å². The molecule has 0 radical (unpaired) electrons. The van der Waals surface area contributed by atoms with Crippen LogP contribution in [0.15, 0.2) is 0 Å². The van der Waals surface area contributed by atoms with E-state index in [1.807, 2.05) is 0 Å². The third-order valence-electron chi connectivity index (χ3n) is 0.761. The minimum absolute atomic E-state index is 6.18. The average Bonchev–Trinajstić information content (AvgIpc) is 1.44. The Labute approximate surface area is 72.7 Å². The molecule has 0 saturated heterocycles. The van der Waals surface area contributed by atoms with Crippen molar-refractivity contribution in [1.29, 1.82) is 0 Å². The number of rotatable bonds is 0. The Hall–Kier alpha value is 0.188. The average molecular weight is 329 g/mol. The van der Waals surface area contributed by atoms with Crippen LogP contribution in [-0.4, -0.2) is 32.6 Å². The van der Waals surface area contributed by atoms with Crippen LogP contribution in [-0.2, 0) is 0 Å². The monoisotopic (exact) mass is 328 g/mol. The van der Waals surface area contributed by atoms with E-state index in [2.05, 4.69) is 0 Å². The molecule has 0 nitrogen and oxygen atoms in total. The van der Waals surface area contributed by atoms with Gasteiger partial charge in [0.1, 0.15) is 0 Å². The molecular weight excluding hydrogens is 329 g/mol. The molecule has 0 atom stereocenters. The Morgan fingerprint density at radius 3 is 0.615 bits per heavy atom. The Balaban J connectivity index is 5.02. The second kappa shape index (κ2) is 3.40. The molecule has 0 aliphatic heterocycles. The van der Waals surface area contributed by atoms with Crippen molar-refractivity contribution in [2.45, 2.75) is 12.4 Å². The Morgan fingerprint density at radius 2 is 0.615 bits per heavy atom. The first-order chi connectivity index (χ1) is 5.37. The van der Waals surface area contributed by atoms with Crippen LogP contribution in [0, 0.1) is 0 Å². The fourth-order valence-corrected chi connectivity index (χ4v) is 2.89. The van der Waals surface area contributed by atoms with Crippen LogP contribution in [0.3, 0.4) is 0 Å². The number of hydrogen-bond donors (Lipinski definition) is 0. The van der Waals surface area contributed by atoms with Gasteiger partial charge in [-0.3, -0.25) is 0 Å². The van der Waals surface area contributed by atoms with Crippen molar-refractivity contribution in [2.75, 3.05) is 0 Å². The van der Waals surface area contributed by atoms with Crippen LogP contribution in [0.2, 0.25) is 0 Å². The molecule has 0 aliphatic rings. The van der Waals surface area contributed by atoms with E-state index < -0.39 is 32.6 Å². The van der Waals surface area contributed by atoms with Gasteiger partial charge < -0.3 is 0 Å². The molecule has 0 unspecified atom stereocenters. The quantitative estimate of drug-likeness (QED) is 0.474. The first-order valence-electron chi connectivity index (χ1n) is 2.37. The Bertz CT molecular complexity index is 137. The van der Waals surface area contributed by atoms with E-state index in [1.165, 1.54) is 0 Å². The summed E-state index contributed by atoms with van der Waals surface area (Å²) < 4.78 is 83.6. The van der Waals surface area contributed by atoms with Gasteiger partial charge in [0.2, 0.25) is 0 Å². The SMILES string of the molecule is F[C](F)(F)[Sb]([C](F)(F)F)[C](F)(F)F. The second-order valence-electron chi connectivity index (χ2n) is 1.74. The number of halogens is 9. The van der Waals surface area contributed by atoms with Crippen LogP contribution < -0.4 is 0 Å². The van der Waals surface area contributed by atoms with E-state index in [0.717, 1.165) is 0 Å². The predicted molar refractivity (Wildman–Crippen MR) is 23.9 cm³/mol. The summed E-state index contributed by atoms with van der Waals surface area (Å²) in [5, 5.41) is 0. The van der Waals surface area contributed by atoms with Gasteiger partial charge in [0.15, 0.2) is 0 Å². The molecule has 0 fully saturated rings. The third-order valence-corrected chi connectivity index (χ3v) is 5.10. The molecule has 10 heteroatoms. The molecule has 0 bridgehead atoms. The van der Waals surface area contributed by atoms with E-state index >= 15 is 0 Å². The van der Waals surface area contributed by atoms with Crippen molar-refractivity contribution in [3.05, 3.63) is 0 Å². The van der Waals surface area contributed by atoms with Gasteiger partial charge in [0.05, 0.1) is 0 Å². The van der Waals surface area contributed by atoms with Crippen molar-refractivity contribution >= 4 is 20.2 Å². The van der Waals surface area contributed by atoms with Crippen molar-refractivity contribution < 1.29 is 39.5 Å². The Morgan fingerprint density at radius 1 is 0.462 bits per heavy atom. The summed E-state index contributed by atoms with van der Waals surface area (Å²) in [6, 6.07) is 0. The van der Waals surface area contributed by atoms with Gasteiger partial charge in [-0.05, 0) is 0 Å². The van der Waals surface area contributed by atoms with E-state index in [-0.39, 0.29) is 0 Å². The number of alkyl halides is 9. The maximum atomic E-state index is 11.4. The summed E-state index contributed by atoms with van der Waals surface area (Å²) in [7, 11) is 0. The summed E-state index contributed by atoms with van der Waals surface area (Å²) in [5.41, 5.74) is 0. The molecule has 0 saturated carbocycles. The maximum absolute atomic E-state index is 11.4. The molecule has 0 heterocycles. The van der Waals surface area contributed by atoms with E-state index in [4.69, 9.17) is 0 Å². The van der Waals surface area contributed by atoms with Crippen LogP contribution in [0.25, 0.3) is 0 Å². The number of hydrogen-bond acceptors (Lipinski definition) is 0. The van der Waals surface area contributed by atoms with Crippen molar-refractivity contribution in [1.82, 2.24) is 0 Å². The van der Waals surface area contributed by atoms with Gasteiger partial charge >= 0.3 is 72.1 Å². The summed E-state index contributed by atoms with van der Waals surface area (Å²) in [6.07, 6.45) is 0. The zero-order chi connectivity index (χ0) is 11.1. The fourth-order valence-electron chi connectivity index (χ4n) is 0.431. The normalized spacial score (nSPS) is 15.2. The summed E-state index contributed by atoms with van der Waals surface area (Å²) in [5.74, 6) is 0. The molecule has 0 aliphatic carbocycles. The van der Waals surface area contributed by atoms with Gasteiger partial charge in [-0.25, -0.2) is 0 Å². The summed E-state index contributed by atoms with van der Waals surface area (Å²) in [6.45, 7) is 0. The summed E-state index contributed by atoms with van der Waals surface area (Å²) >= 11 is -7.29. The van der Waals surface area contributed by atoms with Gasteiger partial charge in [-0.15, -0.1) is 0 Å². The van der Waals surface area contributed by atoms with Crippen LogP contribution in [0.1, 0.15) is 0 Å². The van der Waals surface area contributed by atoms with Crippen molar-refractivity contribution in [3.8, 4) is 0 Å². The molecule has 80 valence electrons. The molecule has 13 heavy (non-hydrogen) atoms. The molecular formula is C3F9Sb. The van der Waals surface area contributed by atoms with Crippen molar-refractivity contribution in [3.63, 3.8) is 0 Å². The van der Waals surface area contributed by atoms with Gasteiger partial charge in [0.25, 0.3) is 0 Å². The van der Waals surface area contributed by atoms with E-state index in [0.29, 0.717) is 0 Å². The molecule has 0 aromatic rings. The predicted octanol–water partition coefficient (Wildman–Crippen LogP) is 2.79. The van der Waals surface area contributed by atoms with E-state index in [9.17, 15) is 39.5 Å². The summed E-state index contributed by atoms with van der Waals surface area (Å²) in [4.78, 5) is 0. The van der Waals surface area contributed by atoms with Crippen LogP contribution >= 0.6 is 0 Å². The minimum atomic E-state index is -7.29. The molecule has 0 amide bonds.